The number of nitrogens with one attached hydrogen (secondary N) is 2. The minimum Gasteiger partial charge on any atom is -0.462 e. The van der Waals surface area contributed by atoms with Gasteiger partial charge in [0.05, 0.1) is 18.3 Å². The Hall–Kier alpha value is -1.72. The number of benzene rings is 1. The van der Waals surface area contributed by atoms with Crippen LogP contribution in [-0.2, 0) is 11.3 Å². The number of carbonyl (C=O) groups excluding carboxylic acids is 1. The van der Waals surface area contributed by atoms with Crippen LogP contribution in [0.5, 0.6) is 0 Å². The molecule has 0 aliphatic carbocycles. The fraction of sp³-hybridized carbons (Fsp3) is 0.500. The monoisotopic (exact) mass is 559 g/mol. The molecule has 2 N–H and O–H groups in total. The van der Waals surface area contributed by atoms with Crippen molar-refractivity contribution in [3.8, 4) is 0 Å². The van der Waals surface area contributed by atoms with E-state index in [4.69, 9.17) is 4.74 Å². The summed E-state index contributed by atoms with van der Waals surface area (Å²) >= 11 is 1.36. The second-order valence-corrected chi connectivity index (χ2v) is 8.16. The predicted molar refractivity (Wildman–Crippen MR) is 139 cm³/mol. The van der Waals surface area contributed by atoms with Gasteiger partial charge in [-0.2, -0.15) is 0 Å². The minimum absolute atomic E-state index is 0. The molecule has 0 aliphatic heterocycles. The van der Waals surface area contributed by atoms with Crippen molar-refractivity contribution in [3.63, 3.8) is 0 Å². The summed E-state index contributed by atoms with van der Waals surface area (Å²) in [6, 6.07) is 10.4. The van der Waals surface area contributed by atoms with Gasteiger partial charge >= 0.3 is 5.97 Å². The summed E-state index contributed by atoms with van der Waals surface area (Å²) in [5, 5.41) is 7.53. The fourth-order valence-corrected chi connectivity index (χ4v) is 3.94. The Balaban J connectivity index is 0.00000480. The number of aromatic nitrogens is 1. The Bertz CT molecular complexity index is 829. The summed E-state index contributed by atoms with van der Waals surface area (Å²) in [4.78, 5) is 23.7. The second kappa shape index (κ2) is 14.4. The number of hydrogen-bond acceptors (Lipinski definition) is 6. The van der Waals surface area contributed by atoms with Crippen molar-refractivity contribution in [1.29, 1.82) is 0 Å². The molecule has 0 saturated heterocycles. The van der Waals surface area contributed by atoms with Crippen molar-refractivity contribution in [2.75, 3.05) is 33.8 Å². The molecule has 1 heterocycles. The number of aryl methyl sites for hydroxylation is 1. The van der Waals surface area contributed by atoms with E-state index in [1.807, 2.05) is 19.9 Å². The molecule has 7 nitrogen and oxygen atoms in total. The maximum atomic E-state index is 12.0. The molecule has 2 aromatic rings. The number of thiazole rings is 1. The first-order valence-electron chi connectivity index (χ1n) is 10.3. The van der Waals surface area contributed by atoms with Crippen LogP contribution in [0.4, 0.5) is 0 Å². The van der Waals surface area contributed by atoms with Gasteiger partial charge in [-0.1, -0.05) is 30.3 Å². The van der Waals surface area contributed by atoms with Crippen molar-refractivity contribution in [2.45, 2.75) is 39.8 Å². The minimum atomic E-state index is -0.312. The zero-order valence-electron chi connectivity index (χ0n) is 19.0. The topological polar surface area (TPSA) is 78.8 Å². The van der Waals surface area contributed by atoms with Crippen LogP contribution < -0.4 is 10.6 Å². The first kappa shape index (κ1) is 27.3. The van der Waals surface area contributed by atoms with E-state index in [1.54, 1.807) is 14.0 Å². The predicted octanol–water partition coefficient (Wildman–Crippen LogP) is 3.99. The lowest BCUT2D eigenvalue weighted by Crippen LogP contribution is -2.39. The van der Waals surface area contributed by atoms with E-state index in [1.165, 1.54) is 16.9 Å². The maximum Gasteiger partial charge on any atom is 0.350 e. The van der Waals surface area contributed by atoms with Crippen molar-refractivity contribution >= 4 is 47.2 Å². The summed E-state index contributed by atoms with van der Waals surface area (Å²) in [6.07, 6.45) is 1.00. The smallest absolute Gasteiger partial charge is 0.350 e. The Morgan fingerprint density at radius 2 is 2.03 bits per heavy atom. The number of nitrogens with zero attached hydrogens (tertiary/aromatic N) is 3. The molecule has 0 bridgehead atoms. The van der Waals surface area contributed by atoms with E-state index >= 15 is 0 Å². The summed E-state index contributed by atoms with van der Waals surface area (Å²) in [7, 11) is 3.88. The zero-order chi connectivity index (χ0) is 21.9. The molecule has 1 atom stereocenters. The van der Waals surface area contributed by atoms with Gasteiger partial charge in [-0.15, -0.1) is 35.3 Å². The van der Waals surface area contributed by atoms with E-state index in [0.717, 1.165) is 37.0 Å². The highest BCUT2D eigenvalue weighted by Crippen LogP contribution is 2.24. The first-order valence-corrected chi connectivity index (χ1v) is 11.1. The lowest BCUT2D eigenvalue weighted by molar-refractivity contribution is 0.0531. The molecule has 0 aliphatic rings. The van der Waals surface area contributed by atoms with E-state index in [0.29, 0.717) is 17.2 Å². The van der Waals surface area contributed by atoms with Crippen LogP contribution in [0.2, 0.25) is 0 Å². The van der Waals surface area contributed by atoms with E-state index in [2.05, 4.69) is 56.8 Å². The average Bonchev–Trinajstić information content (AvgIpc) is 3.13. The molecule has 0 radical (unpaired) electrons. The van der Waals surface area contributed by atoms with Gasteiger partial charge in [-0.25, -0.2) is 9.78 Å². The van der Waals surface area contributed by atoms with Crippen LogP contribution in [0.25, 0.3) is 0 Å². The van der Waals surface area contributed by atoms with Crippen molar-refractivity contribution in [2.24, 2.45) is 4.99 Å². The molecular weight excluding hydrogens is 525 g/mol. The highest BCUT2D eigenvalue weighted by atomic mass is 127. The third-order valence-electron chi connectivity index (χ3n) is 4.53. The van der Waals surface area contributed by atoms with Crippen LogP contribution in [0, 0.1) is 6.92 Å². The van der Waals surface area contributed by atoms with Gasteiger partial charge < -0.3 is 20.3 Å². The van der Waals surface area contributed by atoms with Crippen LogP contribution >= 0.6 is 35.3 Å². The number of aliphatic imine (C=N–C) groups is 1. The van der Waals surface area contributed by atoms with Crippen LogP contribution in [0.3, 0.4) is 0 Å². The molecule has 0 fully saturated rings. The van der Waals surface area contributed by atoms with Gasteiger partial charge in [0.2, 0.25) is 0 Å². The average molecular weight is 560 g/mol. The molecule has 172 valence electrons. The van der Waals surface area contributed by atoms with E-state index < -0.39 is 0 Å². The maximum absolute atomic E-state index is 12.0. The molecule has 2 rings (SSSR count). The lowest BCUT2D eigenvalue weighted by atomic mass is 10.2. The molecule has 31 heavy (non-hydrogen) atoms. The molecule has 0 saturated carbocycles. The van der Waals surface area contributed by atoms with E-state index in [9.17, 15) is 4.79 Å². The van der Waals surface area contributed by atoms with Gasteiger partial charge in [-0.3, -0.25) is 4.99 Å². The third-order valence-corrected chi connectivity index (χ3v) is 5.85. The van der Waals surface area contributed by atoms with Crippen LogP contribution in [0.1, 0.15) is 52.2 Å². The molecule has 0 amide bonds. The second-order valence-electron chi connectivity index (χ2n) is 7.13. The number of carbonyl (C=O) groups is 1. The SMILES string of the molecule is CCOC(=O)c1sc(C(C)NC(=NC)NCCCN(C)Cc2ccccc2)nc1C.I. The van der Waals surface area contributed by atoms with Crippen LogP contribution in [-0.4, -0.2) is 55.6 Å². The fourth-order valence-electron chi connectivity index (χ4n) is 2.98. The number of esters is 1. The molecule has 9 heteroatoms. The zero-order valence-corrected chi connectivity index (χ0v) is 22.1. The molecule has 1 aromatic heterocycles. The van der Waals surface area contributed by atoms with Crippen molar-refractivity contribution < 1.29 is 9.53 Å². The summed E-state index contributed by atoms with van der Waals surface area (Å²) in [5.41, 5.74) is 2.02. The van der Waals surface area contributed by atoms with Gasteiger partial charge in [-0.05, 0) is 46.3 Å². The number of guanidine groups is 1. The van der Waals surface area contributed by atoms with E-state index in [-0.39, 0.29) is 36.0 Å². The Labute approximate surface area is 206 Å². The normalized spacial score (nSPS) is 12.3. The lowest BCUT2D eigenvalue weighted by Gasteiger charge is -2.19. The standard InChI is InChI=1S/C22H33N5O2S.HI/c1-6-29-21(28)19-16(2)25-20(30-19)17(3)26-22(23-4)24-13-10-14-27(5)15-18-11-8-7-9-12-18;/h7-9,11-12,17H,6,10,13-15H2,1-5H3,(H2,23,24,26);1H. The van der Waals surface area contributed by atoms with Gasteiger partial charge in [0.15, 0.2) is 5.96 Å². The van der Waals surface area contributed by atoms with Gasteiger partial charge in [0.25, 0.3) is 0 Å². The molecule has 1 aromatic carbocycles. The summed E-state index contributed by atoms with van der Waals surface area (Å²) in [6.45, 7) is 8.74. The van der Waals surface area contributed by atoms with Crippen molar-refractivity contribution in [3.05, 3.63) is 51.5 Å². The Kier molecular flexibility index (Phi) is 12.7. The highest BCUT2D eigenvalue weighted by Gasteiger charge is 2.20. The van der Waals surface area contributed by atoms with Gasteiger partial charge in [0, 0.05) is 20.1 Å². The Morgan fingerprint density at radius 1 is 1.32 bits per heavy atom. The number of ether oxygens (including phenoxy) is 1. The molecule has 0 spiro atoms. The third kappa shape index (κ3) is 9.12. The summed E-state index contributed by atoms with van der Waals surface area (Å²) in [5.74, 6) is 0.409. The largest absolute Gasteiger partial charge is 0.462 e. The molecular formula is C22H34IN5O2S. The number of rotatable bonds is 10. The number of halogens is 1. The number of hydrogen-bond donors (Lipinski definition) is 2. The Morgan fingerprint density at radius 3 is 2.68 bits per heavy atom. The van der Waals surface area contributed by atoms with Gasteiger partial charge in [0.1, 0.15) is 9.88 Å². The summed E-state index contributed by atoms with van der Waals surface area (Å²) < 4.78 is 5.10. The molecule has 1 unspecified atom stereocenters. The van der Waals surface area contributed by atoms with Crippen molar-refractivity contribution in [1.82, 2.24) is 20.5 Å². The first-order chi connectivity index (χ1) is 14.4. The van der Waals surface area contributed by atoms with Crippen LogP contribution in [0.15, 0.2) is 35.3 Å². The quantitative estimate of drug-likeness (QED) is 0.151. The highest BCUT2D eigenvalue weighted by molar-refractivity contribution is 14.0.